The molecule has 21 heavy (non-hydrogen) atoms. The van der Waals surface area contributed by atoms with Gasteiger partial charge in [0, 0.05) is 36.1 Å². The Balaban J connectivity index is 1.48. The van der Waals surface area contributed by atoms with Crippen LogP contribution in [0.1, 0.15) is 44.2 Å². The van der Waals surface area contributed by atoms with Crippen LogP contribution in [0.3, 0.4) is 0 Å². The van der Waals surface area contributed by atoms with E-state index in [-0.39, 0.29) is 0 Å². The van der Waals surface area contributed by atoms with Gasteiger partial charge in [-0.05, 0) is 50.3 Å². The molecule has 1 unspecified atom stereocenters. The number of piperidine rings is 1. The maximum atomic E-state index is 12.0. The van der Waals surface area contributed by atoms with Crippen LogP contribution in [0.4, 0.5) is 0 Å². The Bertz CT molecular complexity index is 490. The lowest BCUT2D eigenvalue weighted by atomic mass is 10.0. The van der Waals surface area contributed by atoms with Gasteiger partial charge >= 0.3 is 0 Å². The number of carbonyl (C=O) groups excluding carboxylic acids is 1. The largest absolute Gasteiger partial charge is 0.342 e. The van der Waals surface area contributed by atoms with E-state index in [4.69, 9.17) is 11.6 Å². The van der Waals surface area contributed by atoms with Crippen molar-refractivity contribution in [3.63, 3.8) is 0 Å². The topological polar surface area (TPSA) is 32.3 Å². The Morgan fingerprint density at radius 2 is 1.81 bits per heavy atom. The number of amides is 1. The van der Waals surface area contributed by atoms with Gasteiger partial charge in [-0.1, -0.05) is 23.7 Å². The fraction of sp³-hybridized carbons (Fsp3) is 0.588. The van der Waals surface area contributed by atoms with E-state index >= 15 is 0 Å². The molecule has 4 heteroatoms. The number of hydrogen-bond donors (Lipinski definition) is 1. The molecule has 1 atom stereocenters. The lowest BCUT2D eigenvalue weighted by molar-refractivity contribution is -0.133. The highest BCUT2D eigenvalue weighted by Gasteiger charge is 2.34. The normalized spacial score (nSPS) is 21.3. The molecule has 1 aromatic carbocycles. The zero-order valence-corrected chi connectivity index (χ0v) is 13.3. The highest BCUT2D eigenvalue weighted by atomic mass is 35.5. The number of carbonyl (C=O) groups is 1. The third-order valence-corrected chi connectivity index (χ3v) is 4.84. The zero-order valence-electron chi connectivity index (χ0n) is 12.5. The minimum absolute atomic E-state index is 0.318. The first-order valence-corrected chi connectivity index (χ1v) is 8.31. The van der Waals surface area contributed by atoms with E-state index in [9.17, 15) is 4.79 Å². The fourth-order valence-corrected chi connectivity index (χ4v) is 3.18. The summed E-state index contributed by atoms with van der Waals surface area (Å²) >= 11 is 5.93. The van der Waals surface area contributed by atoms with Gasteiger partial charge in [0.1, 0.15) is 0 Å². The first-order valence-electron chi connectivity index (χ1n) is 7.94. The van der Waals surface area contributed by atoms with Crippen LogP contribution in [0, 0.1) is 5.92 Å². The van der Waals surface area contributed by atoms with Crippen molar-refractivity contribution in [1.29, 1.82) is 0 Å². The second-order valence-electron chi connectivity index (χ2n) is 6.31. The lowest BCUT2D eigenvalue weighted by Crippen LogP contribution is -2.45. The zero-order chi connectivity index (χ0) is 14.8. The number of rotatable bonds is 4. The molecule has 1 saturated heterocycles. The van der Waals surface area contributed by atoms with Gasteiger partial charge in [-0.2, -0.15) is 0 Å². The summed E-state index contributed by atoms with van der Waals surface area (Å²) in [5.74, 6) is 0.738. The number of hydrogen-bond acceptors (Lipinski definition) is 2. The molecular weight excluding hydrogens is 284 g/mol. The molecule has 2 aliphatic rings. The summed E-state index contributed by atoms with van der Waals surface area (Å²) < 4.78 is 0. The van der Waals surface area contributed by atoms with Crippen LogP contribution in [0.15, 0.2) is 24.3 Å². The molecule has 1 amide bonds. The second-order valence-corrected chi connectivity index (χ2v) is 6.75. The molecule has 1 saturated carbocycles. The van der Waals surface area contributed by atoms with E-state index in [1.54, 1.807) is 0 Å². The standard InChI is InChI=1S/C17H23ClN2O/c1-12(13-4-6-15(18)7-5-13)19-16-8-10-20(11-9-16)17(21)14-2-3-14/h4-7,12,14,16,19H,2-3,8-11H2,1H3. The summed E-state index contributed by atoms with van der Waals surface area (Å²) in [6.45, 7) is 3.99. The van der Waals surface area contributed by atoms with Crippen LogP contribution >= 0.6 is 11.6 Å². The van der Waals surface area contributed by atoms with Gasteiger partial charge in [-0.15, -0.1) is 0 Å². The van der Waals surface area contributed by atoms with Crippen LogP contribution in [-0.4, -0.2) is 29.9 Å². The van der Waals surface area contributed by atoms with Gasteiger partial charge in [0.25, 0.3) is 0 Å². The summed E-state index contributed by atoms with van der Waals surface area (Å²) in [5.41, 5.74) is 1.26. The summed E-state index contributed by atoms with van der Waals surface area (Å²) in [6.07, 6.45) is 4.31. The quantitative estimate of drug-likeness (QED) is 0.925. The van der Waals surface area contributed by atoms with Gasteiger partial charge in [0.15, 0.2) is 0 Å². The third kappa shape index (κ3) is 3.78. The van der Waals surface area contributed by atoms with Crippen molar-refractivity contribution < 1.29 is 4.79 Å². The minimum Gasteiger partial charge on any atom is -0.342 e. The summed E-state index contributed by atoms with van der Waals surface area (Å²) in [4.78, 5) is 14.1. The van der Waals surface area contributed by atoms with Crippen LogP contribution < -0.4 is 5.32 Å². The third-order valence-electron chi connectivity index (χ3n) is 4.59. The van der Waals surface area contributed by atoms with Crippen LogP contribution in [-0.2, 0) is 4.79 Å². The fourth-order valence-electron chi connectivity index (χ4n) is 3.06. The highest BCUT2D eigenvalue weighted by Crippen LogP contribution is 2.32. The number of likely N-dealkylation sites (tertiary alicyclic amines) is 1. The molecule has 1 heterocycles. The molecule has 0 bridgehead atoms. The Kier molecular flexibility index (Phi) is 4.51. The van der Waals surface area contributed by atoms with E-state index in [0.29, 0.717) is 23.9 Å². The Morgan fingerprint density at radius 3 is 2.38 bits per heavy atom. The number of benzene rings is 1. The Labute approximate surface area is 131 Å². The van der Waals surface area contributed by atoms with Gasteiger partial charge in [0.05, 0.1) is 0 Å². The average Bonchev–Trinajstić information content (AvgIpc) is 3.32. The summed E-state index contributed by atoms with van der Waals surface area (Å²) in [6, 6.07) is 8.84. The Hall–Kier alpha value is -1.06. The van der Waals surface area contributed by atoms with Gasteiger partial charge in [-0.25, -0.2) is 0 Å². The number of halogens is 1. The number of nitrogens with zero attached hydrogens (tertiary/aromatic N) is 1. The van der Waals surface area contributed by atoms with E-state index in [1.165, 1.54) is 5.56 Å². The molecule has 2 fully saturated rings. The maximum absolute atomic E-state index is 12.0. The van der Waals surface area contributed by atoms with Crippen LogP contribution in [0.2, 0.25) is 5.02 Å². The molecule has 114 valence electrons. The van der Waals surface area contributed by atoms with Gasteiger partial charge in [0.2, 0.25) is 5.91 Å². The predicted molar refractivity (Wildman–Crippen MR) is 85.3 cm³/mol. The van der Waals surface area contributed by atoms with Crippen molar-refractivity contribution in [1.82, 2.24) is 10.2 Å². The van der Waals surface area contributed by atoms with Crippen molar-refractivity contribution in [2.24, 2.45) is 5.92 Å². The molecule has 0 spiro atoms. The average molecular weight is 307 g/mol. The van der Waals surface area contributed by atoms with Crippen molar-refractivity contribution in [2.75, 3.05) is 13.1 Å². The van der Waals surface area contributed by atoms with Crippen molar-refractivity contribution >= 4 is 17.5 Å². The van der Waals surface area contributed by atoms with E-state index in [1.807, 2.05) is 12.1 Å². The van der Waals surface area contributed by atoms with Crippen molar-refractivity contribution in [2.45, 2.75) is 44.7 Å². The summed E-state index contributed by atoms with van der Waals surface area (Å²) in [5, 5.41) is 4.45. The van der Waals surface area contributed by atoms with Gasteiger partial charge in [-0.3, -0.25) is 4.79 Å². The Morgan fingerprint density at radius 1 is 1.19 bits per heavy atom. The van der Waals surface area contributed by atoms with Crippen molar-refractivity contribution in [3.05, 3.63) is 34.9 Å². The molecular formula is C17H23ClN2O. The molecule has 1 N–H and O–H groups in total. The smallest absolute Gasteiger partial charge is 0.225 e. The molecule has 0 aromatic heterocycles. The number of nitrogens with one attached hydrogen (secondary N) is 1. The van der Waals surface area contributed by atoms with E-state index < -0.39 is 0 Å². The van der Waals surface area contributed by atoms with Gasteiger partial charge < -0.3 is 10.2 Å². The second kappa shape index (κ2) is 6.37. The van der Waals surface area contributed by atoms with Crippen molar-refractivity contribution in [3.8, 4) is 0 Å². The predicted octanol–water partition coefficient (Wildman–Crippen LogP) is 3.39. The molecule has 1 aromatic rings. The molecule has 3 nitrogen and oxygen atoms in total. The molecule has 0 radical (unpaired) electrons. The SMILES string of the molecule is CC(NC1CCN(C(=O)C2CC2)CC1)c1ccc(Cl)cc1. The lowest BCUT2D eigenvalue weighted by Gasteiger charge is -2.34. The highest BCUT2D eigenvalue weighted by molar-refractivity contribution is 6.30. The monoisotopic (exact) mass is 306 g/mol. The minimum atomic E-state index is 0.318. The first-order chi connectivity index (χ1) is 10.1. The van der Waals surface area contributed by atoms with Crippen LogP contribution in [0.5, 0.6) is 0 Å². The maximum Gasteiger partial charge on any atom is 0.225 e. The molecule has 1 aliphatic carbocycles. The molecule has 3 rings (SSSR count). The van der Waals surface area contributed by atoms with E-state index in [0.717, 1.165) is 43.8 Å². The summed E-state index contributed by atoms with van der Waals surface area (Å²) in [7, 11) is 0. The van der Waals surface area contributed by atoms with Crippen LogP contribution in [0.25, 0.3) is 0 Å². The van der Waals surface area contributed by atoms with E-state index in [2.05, 4.69) is 29.3 Å². The molecule has 1 aliphatic heterocycles. The first kappa shape index (κ1) is 14.9.